The minimum Gasteiger partial charge on any atom is -0.366 e. The molecule has 1 amide bonds. The number of fused-ring (bicyclic) bond motifs is 1. The molecule has 0 aliphatic carbocycles. The van der Waals surface area contributed by atoms with Gasteiger partial charge in [-0.05, 0) is 19.1 Å². The van der Waals surface area contributed by atoms with Crippen LogP contribution in [0, 0.1) is 11.6 Å². The van der Waals surface area contributed by atoms with Crippen molar-refractivity contribution in [3.05, 3.63) is 70.9 Å². The highest BCUT2D eigenvalue weighted by Gasteiger charge is 2.47. The number of aromatic nitrogens is 3. The maximum absolute atomic E-state index is 14.1. The maximum atomic E-state index is 14.1. The van der Waals surface area contributed by atoms with Crippen LogP contribution in [0.4, 0.5) is 8.78 Å². The van der Waals surface area contributed by atoms with Gasteiger partial charge in [0.25, 0.3) is 5.91 Å². The van der Waals surface area contributed by atoms with Crippen LogP contribution in [0.3, 0.4) is 0 Å². The molecule has 0 bridgehead atoms. The molecule has 1 aromatic heterocycles. The second-order valence-corrected chi connectivity index (χ2v) is 9.75. The number of rotatable bonds is 4. The minimum atomic E-state index is -0.902. The third-order valence-corrected chi connectivity index (χ3v) is 6.99. The molecule has 2 aliphatic heterocycles. The summed E-state index contributed by atoms with van der Waals surface area (Å²) in [5.74, 6) is -1.71. The minimum absolute atomic E-state index is 0.174. The number of halogens is 3. The molecule has 5 rings (SSSR count). The van der Waals surface area contributed by atoms with Crippen LogP contribution in [0.1, 0.15) is 31.2 Å². The molecular formula is C26H26ClF2N5O4. The maximum Gasteiger partial charge on any atom is 0.276 e. The van der Waals surface area contributed by atoms with E-state index in [4.69, 9.17) is 25.8 Å². The van der Waals surface area contributed by atoms with Gasteiger partial charge in [-0.2, -0.15) is 4.99 Å². The number of hydrogen-bond acceptors (Lipinski definition) is 6. The Hall–Kier alpha value is -3.25. The van der Waals surface area contributed by atoms with E-state index in [0.29, 0.717) is 5.84 Å². The third kappa shape index (κ3) is 5.32. The molecule has 38 heavy (non-hydrogen) atoms. The Balaban J connectivity index is 1.47. The highest BCUT2D eigenvalue weighted by atomic mass is 35.5. The van der Waals surface area contributed by atoms with E-state index in [-0.39, 0.29) is 24.3 Å². The summed E-state index contributed by atoms with van der Waals surface area (Å²) >= 11 is 5.63. The Labute approximate surface area is 223 Å². The van der Waals surface area contributed by atoms with Crippen LogP contribution in [-0.4, -0.2) is 70.7 Å². The van der Waals surface area contributed by atoms with Crippen LogP contribution in [0.15, 0.2) is 53.7 Å². The number of ether oxygens (including phenoxy) is 3. The molecule has 2 aliphatic rings. The molecule has 12 heteroatoms. The van der Waals surface area contributed by atoms with Gasteiger partial charge in [-0.15, -0.1) is 5.10 Å². The molecule has 2 aromatic carbocycles. The van der Waals surface area contributed by atoms with Crippen LogP contribution in [0.25, 0.3) is 11.3 Å². The molecule has 3 aromatic rings. The molecule has 0 radical (unpaired) electrons. The standard InChI is InChI=1S/C26H26ClF2N5O4/c1-14(33(2)3)30-25(35)21-11-20(24-22(37-21)13-36-26(38-24)15-7-5-4-6-8-15)34-12-19(31-32-34)16-9-17(28)23(27)18(29)10-16/h4-10,12,20-22,24,26H,11,13H2,1-3H3. The Morgan fingerprint density at radius 2 is 1.87 bits per heavy atom. The molecule has 3 heterocycles. The van der Waals surface area contributed by atoms with Crippen molar-refractivity contribution in [2.45, 2.75) is 44.0 Å². The first-order valence-electron chi connectivity index (χ1n) is 12.0. The van der Waals surface area contributed by atoms with Gasteiger partial charge in [-0.3, -0.25) is 4.79 Å². The number of amides is 1. The SMILES string of the molecule is CC(=NC(=O)C1CC(n2cc(-c3cc(F)c(Cl)c(F)c3)nn2)C2OC(c3ccccc3)OCC2O1)N(C)C. The van der Waals surface area contributed by atoms with Crippen molar-refractivity contribution in [2.24, 2.45) is 4.99 Å². The van der Waals surface area contributed by atoms with Gasteiger partial charge in [0.1, 0.15) is 46.5 Å². The monoisotopic (exact) mass is 545 g/mol. The van der Waals surface area contributed by atoms with E-state index in [1.807, 2.05) is 30.3 Å². The fraction of sp³-hybridized carbons (Fsp3) is 0.385. The number of carbonyl (C=O) groups excluding carboxylic acids is 1. The van der Waals surface area contributed by atoms with Gasteiger partial charge in [-0.25, -0.2) is 13.5 Å². The van der Waals surface area contributed by atoms with Crippen molar-refractivity contribution < 1.29 is 27.8 Å². The fourth-order valence-electron chi connectivity index (χ4n) is 4.43. The number of hydrogen-bond donors (Lipinski definition) is 0. The Kier molecular flexibility index (Phi) is 7.53. The van der Waals surface area contributed by atoms with Crippen molar-refractivity contribution in [1.29, 1.82) is 0 Å². The summed E-state index contributed by atoms with van der Waals surface area (Å²) in [6.45, 7) is 1.91. The van der Waals surface area contributed by atoms with Crippen molar-refractivity contribution in [3.8, 4) is 11.3 Å². The number of carbonyl (C=O) groups is 1. The van der Waals surface area contributed by atoms with Crippen molar-refractivity contribution in [3.63, 3.8) is 0 Å². The quantitative estimate of drug-likeness (QED) is 0.276. The van der Waals surface area contributed by atoms with Crippen LogP contribution >= 0.6 is 11.6 Å². The fourth-order valence-corrected chi connectivity index (χ4v) is 4.54. The zero-order valence-corrected chi connectivity index (χ0v) is 21.7. The molecule has 2 fully saturated rings. The van der Waals surface area contributed by atoms with Crippen LogP contribution in [-0.2, 0) is 19.0 Å². The normalized spacial score (nSPS) is 25.6. The summed E-state index contributed by atoms with van der Waals surface area (Å²) in [6, 6.07) is 11.1. The molecule has 5 unspecified atom stereocenters. The van der Waals surface area contributed by atoms with E-state index in [0.717, 1.165) is 17.7 Å². The first kappa shape index (κ1) is 26.4. The summed E-state index contributed by atoms with van der Waals surface area (Å²) in [7, 11) is 3.58. The molecular weight excluding hydrogens is 520 g/mol. The van der Waals surface area contributed by atoms with Gasteiger partial charge in [0.05, 0.1) is 18.8 Å². The Morgan fingerprint density at radius 3 is 2.55 bits per heavy atom. The molecule has 0 spiro atoms. The van der Waals surface area contributed by atoms with Crippen LogP contribution in [0.2, 0.25) is 5.02 Å². The van der Waals surface area contributed by atoms with Gasteiger partial charge in [0, 0.05) is 31.6 Å². The zero-order valence-electron chi connectivity index (χ0n) is 20.9. The average Bonchev–Trinajstić information content (AvgIpc) is 3.41. The molecule has 2 saturated heterocycles. The topological polar surface area (TPSA) is 91.1 Å². The van der Waals surface area contributed by atoms with Crippen molar-refractivity contribution in [2.75, 3.05) is 20.7 Å². The van der Waals surface area contributed by atoms with E-state index in [9.17, 15) is 13.6 Å². The number of nitrogens with zero attached hydrogens (tertiary/aromatic N) is 5. The van der Waals surface area contributed by atoms with Crippen LogP contribution in [0.5, 0.6) is 0 Å². The van der Waals surface area contributed by atoms with Crippen LogP contribution < -0.4 is 0 Å². The van der Waals surface area contributed by atoms with E-state index in [1.54, 1.807) is 32.1 Å². The second-order valence-electron chi connectivity index (χ2n) is 9.37. The molecule has 0 saturated carbocycles. The lowest BCUT2D eigenvalue weighted by molar-refractivity contribution is -0.297. The highest BCUT2D eigenvalue weighted by Crippen LogP contribution is 2.39. The summed E-state index contributed by atoms with van der Waals surface area (Å²) in [5.41, 5.74) is 1.24. The van der Waals surface area contributed by atoms with Gasteiger partial charge in [0.15, 0.2) is 6.29 Å². The lowest BCUT2D eigenvalue weighted by atomic mass is 9.94. The molecule has 0 N–H and O–H groups in total. The summed E-state index contributed by atoms with van der Waals surface area (Å²) in [6.07, 6.45) is -0.915. The Morgan fingerprint density at radius 1 is 1.16 bits per heavy atom. The molecule has 5 atom stereocenters. The Bertz CT molecular complexity index is 1330. The average molecular weight is 546 g/mol. The molecule has 9 nitrogen and oxygen atoms in total. The third-order valence-electron chi connectivity index (χ3n) is 6.63. The second kappa shape index (κ2) is 10.9. The van der Waals surface area contributed by atoms with Gasteiger partial charge < -0.3 is 19.1 Å². The first-order chi connectivity index (χ1) is 18.2. The van der Waals surface area contributed by atoms with E-state index in [2.05, 4.69) is 15.3 Å². The highest BCUT2D eigenvalue weighted by molar-refractivity contribution is 6.31. The number of benzene rings is 2. The lowest BCUT2D eigenvalue weighted by Gasteiger charge is -2.45. The summed E-state index contributed by atoms with van der Waals surface area (Å²) < 4.78 is 48.1. The van der Waals surface area contributed by atoms with Crippen molar-refractivity contribution >= 4 is 23.3 Å². The van der Waals surface area contributed by atoms with Gasteiger partial charge in [-0.1, -0.05) is 47.1 Å². The number of amidine groups is 1. The van der Waals surface area contributed by atoms with Gasteiger partial charge >= 0.3 is 0 Å². The summed E-state index contributed by atoms with van der Waals surface area (Å²) in [5, 5.41) is 7.75. The predicted molar refractivity (Wildman–Crippen MR) is 135 cm³/mol. The largest absolute Gasteiger partial charge is 0.366 e. The zero-order chi connectivity index (χ0) is 27.0. The van der Waals surface area contributed by atoms with Gasteiger partial charge in [0.2, 0.25) is 0 Å². The van der Waals surface area contributed by atoms with E-state index < -0.39 is 53.2 Å². The first-order valence-corrected chi connectivity index (χ1v) is 12.4. The van der Waals surface area contributed by atoms with E-state index >= 15 is 0 Å². The summed E-state index contributed by atoms with van der Waals surface area (Å²) in [4.78, 5) is 18.9. The molecule has 200 valence electrons. The smallest absolute Gasteiger partial charge is 0.276 e. The number of aliphatic imine (C=N–C) groups is 1. The lowest BCUT2D eigenvalue weighted by Crippen LogP contribution is -2.54. The van der Waals surface area contributed by atoms with E-state index in [1.165, 1.54) is 4.68 Å². The van der Waals surface area contributed by atoms with Crippen molar-refractivity contribution in [1.82, 2.24) is 19.9 Å². The predicted octanol–water partition coefficient (Wildman–Crippen LogP) is 4.20.